The summed E-state index contributed by atoms with van der Waals surface area (Å²) in [5.74, 6) is -0.138. The summed E-state index contributed by atoms with van der Waals surface area (Å²) in [5.41, 5.74) is 3.43. The van der Waals surface area contributed by atoms with E-state index in [9.17, 15) is 14.4 Å². The molecule has 2 aromatic carbocycles. The Kier molecular flexibility index (Phi) is 12.7. The molecule has 47 heavy (non-hydrogen) atoms. The van der Waals surface area contributed by atoms with Crippen molar-refractivity contribution in [2.45, 2.75) is 98.4 Å². The number of amidine groups is 1. The Morgan fingerprint density at radius 2 is 1.60 bits per heavy atom. The summed E-state index contributed by atoms with van der Waals surface area (Å²) >= 11 is 0. The number of hydrogen-bond acceptors (Lipinski definition) is 7. The van der Waals surface area contributed by atoms with Gasteiger partial charge in [-0.1, -0.05) is 52.0 Å². The van der Waals surface area contributed by atoms with Crippen LogP contribution in [-0.4, -0.2) is 68.9 Å². The zero-order valence-electron chi connectivity index (χ0n) is 29.9. The van der Waals surface area contributed by atoms with Crippen LogP contribution in [0.3, 0.4) is 0 Å². The lowest BCUT2D eigenvalue weighted by Gasteiger charge is -2.36. The van der Waals surface area contributed by atoms with E-state index in [-0.39, 0.29) is 23.3 Å². The summed E-state index contributed by atoms with van der Waals surface area (Å²) < 4.78 is 17.0. The Hall–Kier alpha value is -3.76. The Labute approximate surface area is 281 Å². The molecule has 1 aliphatic heterocycles. The molecule has 0 bridgehead atoms. The first-order valence-electron chi connectivity index (χ1n) is 16.6. The molecule has 0 aromatic heterocycles. The molecule has 0 aliphatic carbocycles. The average Bonchev–Trinajstić information content (AvgIpc) is 3.15. The first-order chi connectivity index (χ1) is 21.9. The van der Waals surface area contributed by atoms with E-state index in [0.717, 1.165) is 29.5 Å². The van der Waals surface area contributed by atoms with Crippen molar-refractivity contribution in [2.24, 2.45) is 4.99 Å². The van der Waals surface area contributed by atoms with Gasteiger partial charge in [0.15, 0.2) is 8.32 Å². The third-order valence-corrected chi connectivity index (χ3v) is 12.8. The molecule has 0 unspecified atom stereocenters. The van der Waals surface area contributed by atoms with E-state index in [1.54, 1.807) is 39.8 Å². The highest BCUT2D eigenvalue weighted by Gasteiger charge is 2.37. The number of alkyl carbamates (subject to hydrolysis) is 1. The minimum atomic E-state index is -1.89. The fourth-order valence-electron chi connectivity index (χ4n) is 4.78. The second-order valence-corrected chi connectivity index (χ2v) is 19.2. The van der Waals surface area contributed by atoms with Gasteiger partial charge in [-0.3, -0.25) is 10.1 Å². The molecular formula is C37H53N3O6Si. The lowest BCUT2D eigenvalue weighted by molar-refractivity contribution is -0.127. The summed E-state index contributed by atoms with van der Waals surface area (Å²) in [4.78, 5) is 45.7. The van der Waals surface area contributed by atoms with Gasteiger partial charge in [0.05, 0.1) is 17.9 Å². The minimum absolute atomic E-state index is 0.0932. The molecule has 0 spiro atoms. The number of nitrogens with zero attached hydrogens (tertiary/aromatic N) is 2. The second-order valence-electron chi connectivity index (χ2n) is 14.4. The molecule has 1 aliphatic rings. The molecule has 0 fully saturated rings. The maximum atomic E-state index is 14.1. The first kappa shape index (κ1) is 37.7. The van der Waals surface area contributed by atoms with Crippen LogP contribution in [0.15, 0.2) is 53.0 Å². The highest BCUT2D eigenvalue weighted by molar-refractivity contribution is 6.74. The number of nitrogens with one attached hydrogen (secondary N) is 1. The summed E-state index contributed by atoms with van der Waals surface area (Å²) in [6, 6.07) is 13.0. The predicted molar refractivity (Wildman–Crippen MR) is 192 cm³/mol. The Bertz CT molecular complexity index is 1480. The van der Waals surface area contributed by atoms with Crippen LogP contribution in [0.5, 0.6) is 0 Å². The highest BCUT2D eigenvalue weighted by Crippen LogP contribution is 2.37. The van der Waals surface area contributed by atoms with E-state index in [0.29, 0.717) is 49.0 Å². The summed E-state index contributed by atoms with van der Waals surface area (Å²) in [6.07, 6.45) is 2.92. The maximum Gasteiger partial charge on any atom is 0.413 e. The van der Waals surface area contributed by atoms with Crippen LogP contribution in [0.4, 0.5) is 10.5 Å². The normalized spacial score (nSPS) is 13.5. The van der Waals surface area contributed by atoms with E-state index >= 15 is 0 Å². The highest BCUT2D eigenvalue weighted by atomic mass is 28.4. The molecule has 2 amide bonds. The van der Waals surface area contributed by atoms with Crippen molar-refractivity contribution < 1.29 is 28.3 Å². The van der Waals surface area contributed by atoms with Crippen LogP contribution < -0.4 is 5.32 Å². The van der Waals surface area contributed by atoms with E-state index in [4.69, 9.17) is 18.9 Å². The number of fused-ring (bicyclic) bond motifs is 1. The topological polar surface area (TPSA) is 107 Å². The fourth-order valence-corrected chi connectivity index (χ4v) is 5.87. The van der Waals surface area contributed by atoms with Crippen LogP contribution in [0.1, 0.15) is 90.6 Å². The van der Waals surface area contributed by atoms with E-state index in [1.165, 1.54) is 0 Å². The molecule has 0 saturated heterocycles. The van der Waals surface area contributed by atoms with Gasteiger partial charge < -0.3 is 18.8 Å². The molecule has 0 radical (unpaired) electrons. The zero-order valence-corrected chi connectivity index (χ0v) is 30.9. The van der Waals surface area contributed by atoms with Crippen molar-refractivity contribution in [3.05, 3.63) is 59.2 Å². The van der Waals surface area contributed by atoms with Gasteiger partial charge in [-0.2, -0.15) is 0 Å². The summed E-state index contributed by atoms with van der Waals surface area (Å²) in [5, 5.41) is 2.92. The van der Waals surface area contributed by atoms with E-state index in [2.05, 4.69) is 46.1 Å². The van der Waals surface area contributed by atoms with Gasteiger partial charge in [0.25, 0.3) is 0 Å². The van der Waals surface area contributed by atoms with Crippen molar-refractivity contribution >= 4 is 43.9 Å². The zero-order chi connectivity index (χ0) is 35.0. The maximum absolute atomic E-state index is 14.1. The number of amides is 2. The van der Waals surface area contributed by atoms with Gasteiger partial charge in [-0.05, 0) is 94.1 Å². The number of carbonyl (C=O) groups excluding carboxylic acids is 3. The van der Waals surface area contributed by atoms with Crippen LogP contribution in [0.2, 0.25) is 18.1 Å². The van der Waals surface area contributed by atoms with Gasteiger partial charge in [-0.25, -0.2) is 14.6 Å². The number of hydrogen-bond donors (Lipinski definition) is 1. The molecular weight excluding hydrogens is 611 g/mol. The fraction of sp³-hybridized carbons (Fsp3) is 0.514. The molecule has 1 heterocycles. The van der Waals surface area contributed by atoms with E-state index in [1.807, 2.05) is 41.3 Å². The molecule has 256 valence electrons. The Morgan fingerprint density at radius 3 is 2.19 bits per heavy atom. The standard InChI is InChI=1S/C37H53N3O6Si/c1-11-20-40(21-13-22-45-47(9,10)37(6,7)8)33(41)30-23-29-19-18-28(26-14-16-27(17-15-26)34(42)44-12-2)24-31(29)38-32(25-30)39-35(43)46-36(3,4)5/h14-19,23-24H,11-13,20-22,25H2,1-10H3,(H,38,39,43). The predicted octanol–water partition coefficient (Wildman–Crippen LogP) is 8.52. The van der Waals surface area contributed by atoms with Crippen molar-refractivity contribution in [1.29, 1.82) is 0 Å². The smallest absolute Gasteiger partial charge is 0.413 e. The van der Waals surface area contributed by atoms with Crippen molar-refractivity contribution in [3.63, 3.8) is 0 Å². The number of carbonyl (C=O) groups is 3. The number of aliphatic imine (C=N–C) groups is 1. The van der Waals surface area contributed by atoms with Gasteiger partial charge in [0.2, 0.25) is 5.91 Å². The molecule has 1 N–H and O–H groups in total. The first-order valence-corrected chi connectivity index (χ1v) is 19.5. The summed E-state index contributed by atoms with van der Waals surface area (Å²) in [6.45, 7) is 22.4. The number of rotatable bonds is 11. The number of esters is 1. The van der Waals surface area contributed by atoms with Gasteiger partial charge >= 0.3 is 12.1 Å². The van der Waals surface area contributed by atoms with Crippen LogP contribution in [0, 0.1) is 0 Å². The molecule has 10 heteroatoms. The largest absolute Gasteiger partial charge is 0.462 e. The molecule has 3 rings (SSSR count). The Morgan fingerprint density at radius 1 is 0.936 bits per heavy atom. The lowest BCUT2D eigenvalue weighted by atomic mass is 10.00. The van der Waals surface area contributed by atoms with Crippen LogP contribution >= 0.6 is 0 Å². The third kappa shape index (κ3) is 10.9. The lowest BCUT2D eigenvalue weighted by Crippen LogP contribution is -2.42. The molecule has 9 nitrogen and oxygen atoms in total. The molecule has 2 aromatic rings. The van der Waals surface area contributed by atoms with Gasteiger partial charge in [0.1, 0.15) is 11.4 Å². The molecule has 0 saturated carbocycles. The monoisotopic (exact) mass is 663 g/mol. The van der Waals surface area contributed by atoms with Crippen molar-refractivity contribution in [2.75, 3.05) is 26.3 Å². The third-order valence-electron chi connectivity index (χ3n) is 8.24. The van der Waals surface area contributed by atoms with E-state index < -0.39 is 20.0 Å². The second kappa shape index (κ2) is 15.9. The minimum Gasteiger partial charge on any atom is -0.462 e. The summed E-state index contributed by atoms with van der Waals surface area (Å²) in [7, 11) is -1.89. The van der Waals surface area contributed by atoms with Crippen LogP contribution in [0.25, 0.3) is 17.2 Å². The average molecular weight is 664 g/mol. The van der Waals surface area contributed by atoms with Gasteiger partial charge in [-0.15, -0.1) is 0 Å². The number of benzene rings is 2. The van der Waals surface area contributed by atoms with Gasteiger partial charge in [0, 0.05) is 37.3 Å². The van der Waals surface area contributed by atoms with Crippen molar-refractivity contribution in [3.8, 4) is 11.1 Å². The quantitative estimate of drug-likeness (QED) is 0.147. The SMILES string of the molecule is CCCN(CCCO[Si](C)(C)C(C)(C)C)C(=O)C1=Cc2ccc(-c3ccc(C(=O)OCC)cc3)cc2N=C(NC(=O)OC(C)(C)C)C1. The van der Waals surface area contributed by atoms with Crippen LogP contribution in [-0.2, 0) is 18.7 Å². The Balaban J connectivity index is 1.92. The molecule has 0 atom stereocenters. The number of ether oxygens (including phenoxy) is 2. The van der Waals surface area contributed by atoms with Crippen molar-refractivity contribution in [1.82, 2.24) is 10.2 Å².